The Morgan fingerprint density at radius 2 is 2.00 bits per heavy atom. The van der Waals surface area contributed by atoms with E-state index in [1.807, 2.05) is 32.2 Å². The van der Waals surface area contributed by atoms with Gasteiger partial charge in [-0.05, 0) is 19.1 Å². The first kappa shape index (κ1) is 9.49. The molecule has 1 fully saturated rings. The largest absolute Gasteiger partial charge is 0.350 e. The van der Waals surface area contributed by atoms with Crippen molar-refractivity contribution >= 4 is 5.69 Å². The fourth-order valence-corrected chi connectivity index (χ4v) is 1.56. The Balaban J connectivity index is 2.19. The van der Waals surface area contributed by atoms with Gasteiger partial charge in [0.15, 0.2) is 5.72 Å². The summed E-state index contributed by atoms with van der Waals surface area (Å²) in [7, 11) is 2.02. The number of para-hydroxylation sites is 1. The average molecular weight is 193 g/mol. The highest BCUT2D eigenvalue weighted by molar-refractivity contribution is 5.47. The molecule has 76 valence electrons. The Hall–Kier alpha value is -1.06. The number of nitrogens with zero attached hydrogens (tertiary/aromatic N) is 1. The van der Waals surface area contributed by atoms with Crippen LogP contribution in [-0.2, 0) is 9.47 Å². The third-order valence-corrected chi connectivity index (χ3v) is 2.68. The number of ether oxygens (including phenoxy) is 2. The van der Waals surface area contributed by atoms with Gasteiger partial charge in [0.05, 0.1) is 6.61 Å². The summed E-state index contributed by atoms with van der Waals surface area (Å²) >= 11 is 0. The summed E-state index contributed by atoms with van der Waals surface area (Å²) in [6.07, 6.45) is 0. The average Bonchev–Trinajstić information content (AvgIpc) is 2.67. The molecule has 1 saturated heterocycles. The van der Waals surface area contributed by atoms with Crippen LogP contribution in [0.5, 0.6) is 0 Å². The van der Waals surface area contributed by atoms with Gasteiger partial charge in [0.25, 0.3) is 0 Å². The standard InChI is InChI=1S/C11H15NO2/c1-11(8-13-9-14-11)12(2)10-6-4-3-5-7-10/h3-7H,8-9H2,1-2H3. The molecule has 3 nitrogen and oxygen atoms in total. The number of hydrogen-bond acceptors (Lipinski definition) is 3. The molecular formula is C11H15NO2. The predicted molar refractivity (Wildman–Crippen MR) is 55.2 cm³/mol. The van der Waals surface area contributed by atoms with Crippen molar-refractivity contribution in [1.82, 2.24) is 0 Å². The molecule has 0 N–H and O–H groups in total. The summed E-state index contributed by atoms with van der Waals surface area (Å²) < 4.78 is 10.8. The first-order valence-corrected chi connectivity index (χ1v) is 4.73. The van der Waals surface area contributed by atoms with E-state index >= 15 is 0 Å². The molecule has 1 unspecified atom stereocenters. The second-order valence-corrected chi connectivity index (χ2v) is 3.68. The molecule has 0 bridgehead atoms. The molecule has 1 aromatic rings. The van der Waals surface area contributed by atoms with Crippen LogP contribution in [0.2, 0.25) is 0 Å². The van der Waals surface area contributed by atoms with E-state index in [9.17, 15) is 0 Å². The summed E-state index contributed by atoms with van der Waals surface area (Å²) in [4.78, 5) is 2.10. The van der Waals surface area contributed by atoms with Crippen LogP contribution in [0.15, 0.2) is 30.3 Å². The Bertz CT molecular complexity index is 293. The number of likely N-dealkylation sites (N-methyl/N-ethyl adjacent to an activating group) is 1. The maximum Gasteiger partial charge on any atom is 0.164 e. The molecule has 2 rings (SSSR count). The minimum Gasteiger partial charge on any atom is -0.350 e. The molecule has 0 radical (unpaired) electrons. The van der Waals surface area contributed by atoms with Gasteiger partial charge in [-0.15, -0.1) is 0 Å². The Labute approximate surface area is 84.2 Å². The highest BCUT2D eigenvalue weighted by Gasteiger charge is 2.35. The van der Waals surface area contributed by atoms with E-state index in [-0.39, 0.29) is 5.72 Å². The van der Waals surface area contributed by atoms with E-state index in [1.165, 1.54) is 0 Å². The van der Waals surface area contributed by atoms with Crippen molar-refractivity contribution in [2.24, 2.45) is 0 Å². The Morgan fingerprint density at radius 1 is 1.29 bits per heavy atom. The third kappa shape index (κ3) is 1.61. The normalized spacial score (nSPS) is 26.4. The number of hydrogen-bond donors (Lipinski definition) is 0. The van der Waals surface area contributed by atoms with Crippen LogP contribution in [0.4, 0.5) is 5.69 Å². The molecule has 1 aliphatic rings. The van der Waals surface area contributed by atoms with Crippen LogP contribution >= 0.6 is 0 Å². The molecular weight excluding hydrogens is 178 g/mol. The summed E-state index contributed by atoms with van der Waals surface area (Å²) in [5.74, 6) is 0. The highest BCUT2D eigenvalue weighted by Crippen LogP contribution is 2.26. The van der Waals surface area contributed by atoms with Gasteiger partial charge in [-0.1, -0.05) is 18.2 Å². The van der Waals surface area contributed by atoms with Gasteiger partial charge in [0.2, 0.25) is 0 Å². The number of benzene rings is 1. The van der Waals surface area contributed by atoms with Gasteiger partial charge >= 0.3 is 0 Å². The van der Waals surface area contributed by atoms with Crippen molar-refractivity contribution in [2.75, 3.05) is 25.3 Å². The Morgan fingerprint density at radius 3 is 2.57 bits per heavy atom. The fourth-order valence-electron chi connectivity index (χ4n) is 1.56. The molecule has 14 heavy (non-hydrogen) atoms. The monoisotopic (exact) mass is 193 g/mol. The van der Waals surface area contributed by atoms with Crippen molar-refractivity contribution in [3.8, 4) is 0 Å². The van der Waals surface area contributed by atoms with E-state index in [2.05, 4.69) is 17.0 Å². The van der Waals surface area contributed by atoms with Gasteiger partial charge < -0.3 is 14.4 Å². The minimum absolute atomic E-state index is 0.332. The second kappa shape index (κ2) is 3.59. The van der Waals surface area contributed by atoms with Crippen molar-refractivity contribution in [3.63, 3.8) is 0 Å². The van der Waals surface area contributed by atoms with Crippen LogP contribution in [0, 0.1) is 0 Å². The zero-order chi connectivity index (χ0) is 10.0. The predicted octanol–water partition coefficient (Wildman–Crippen LogP) is 1.84. The zero-order valence-electron chi connectivity index (χ0n) is 8.56. The van der Waals surface area contributed by atoms with Crippen molar-refractivity contribution < 1.29 is 9.47 Å². The molecule has 3 heteroatoms. The van der Waals surface area contributed by atoms with E-state index in [4.69, 9.17) is 9.47 Å². The van der Waals surface area contributed by atoms with Crippen LogP contribution < -0.4 is 4.90 Å². The molecule has 1 aromatic carbocycles. The topological polar surface area (TPSA) is 21.7 Å². The smallest absolute Gasteiger partial charge is 0.164 e. The van der Waals surface area contributed by atoms with Crippen LogP contribution in [-0.4, -0.2) is 26.2 Å². The summed E-state index contributed by atoms with van der Waals surface area (Å²) in [6, 6.07) is 10.2. The van der Waals surface area contributed by atoms with Crippen molar-refractivity contribution in [1.29, 1.82) is 0 Å². The van der Waals surface area contributed by atoms with E-state index < -0.39 is 0 Å². The molecule has 0 amide bonds. The minimum atomic E-state index is -0.332. The van der Waals surface area contributed by atoms with E-state index in [0.29, 0.717) is 13.4 Å². The van der Waals surface area contributed by atoms with Crippen LogP contribution in [0.1, 0.15) is 6.92 Å². The molecule has 0 aromatic heterocycles. The summed E-state index contributed by atoms with van der Waals surface area (Å²) in [5.41, 5.74) is 0.807. The van der Waals surface area contributed by atoms with Crippen LogP contribution in [0.25, 0.3) is 0 Å². The lowest BCUT2D eigenvalue weighted by Gasteiger charge is -2.34. The molecule has 0 spiro atoms. The van der Waals surface area contributed by atoms with Gasteiger partial charge in [-0.3, -0.25) is 0 Å². The zero-order valence-corrected chi connectivity index (χ0v) is 8.56. The van der Waals surface area contributed by atoms with Gasteiger partial charge in [-0.25, -0.2) is 0 Å². The SMILES string of the molecule is CN(c1ccccc1)C1(C)COCO1. The Kier molecular flexibility index (Phi) is 2.44. The van der Waals surface area contributed by atoms with Crippen molar-refractivity contribution in [3.05, 3.63) is 30.3 Å². The van der Waals surface area contributed by atoms with Crippen molar-refractivity contribution in [2.45, 2.75) is 12.6 Å². The van der Waals surface area contributed by atoms with E-state index in [0.717, 1.165) is 5.69 Å². The van der Waals surface area contributed by atoms with Crippen LogP contribution in [0.3, 0.4) is 0 Å². The molecule has 1 atom stereocenters. The van der Waals surface area contributed by atoms with Gasteiger partial charge in [0.1, 0.15) is 6.79 Å². The maximum absolute atomic E-state index is 5.56. The first-order chi connectivity index (χ1) is 6.72. The lowest BCUT2D eigenvalue weighted by atomic mass is 10.2. The maximum atomic E-state index is 5.56. The second-order valence-electron chi connectivity index (χ2n) is 3.68. The fraction of sp³-hybridized carbons (Fsp3) is 0.455. The molecule has 0 saturated carbocycles. The highest BCUT2D eigenvalue weighted by atomic mass is 16.7. The lowest BCUT2D eigenvalue weighted by Crippen LogP contribution is -2.46. The van der Waals surface area contributed by atoms with Gasteiger partial charge in [0, 0.05) is 12.7 Å². The van der Waals surface area contributed by atoms with E-state index in [1.54, 1.807) is 0 Å². The number of anilines is 1. The molecule has 1 heterocycles. The molecule has 0 aliphatic carbocycles. The molecule has 1 aliphatic heterocycles. The summed E-state index contributed by atoms with van der Waals surface area (Å²) in [6.45, 7) is 3.03. The van der Waals surface area contributed by atoms with Gasteiger partial charge in [-0.2, -0.15) is 0 Å². The first-order valence-electron chi connectivity index (χ1n) is 4.73. The summed E-state index contributed by atoms with van der Waals surface area (Å²) in [5, 5.41) is 0. The third-order valence-electron chi connectivity index (χ3n) is 2.68. The lowest BCUT2D eigenvalue weighted by molar-refractivity contribution is 0.00303. The quantitative estimate of drug-likeness (QED) is 0.715. The number of rotatable bonds is 2.